The predicted molar refractivity (Wildman–Crippen MR) is 89.1 cm³/mol. The fourth-order valence-electron chi connectivity index (χ4n) is 2.45. The number of nitrogens with one attached hydrogen (secondary N) is 1. The normalized spacial score (nSPS) is 12.5. The number of fused-ring (bicyclic) bond motifs is 1. The molecule has 3 rings (SSSR count). The molecule has 0 aliphatic carbocycles. The summed E-state index contributed by atoms with van der Waals surface area (Å²) in [6.45, 7) is 1.69. The Labute approximate surface area is 139 Å². The molecule has 2 aromatic heterocycles. The third kappa shape index (κ3) is 2.98. The Morgan fingerprint density at radius 3 is 2.88 bits per heavy atom. The van der Waals surface area contributed by atoms with Crippen molar-refractivity contribution in [3.05, 3.63) is 68.9 Å². The van der Waals surface area contributed by atoms with E-state index in [0.717, 1.165) is 10.6 Å². The van der Waals surface area contributed by atoms with Crippen LogP contribution in [0.2, 0.25) is 0 Å². The second kappa shape index (κ2) is 6.58. The van der Waals surface area contributed by atoms with Gasteiger partial charge >= 0.3 is 5.69 Å². The standard InChI is InChI=1S/C16H14FN3O3S/c1-2-24(23)14-5-6-18-8-10(14)9-20-15(21)12-7-11(17)3-4-13(12)19-16(20)22/h3-8H,2,9H2,1H3,(H,19,22). The van der Waals surface area contributed by atoms with E-state index in [4.69, 9.17) is 0 Å². The Kier molecular flexibility index (Phi) is 4.50. The molecule has 0 saturated heterocycles. The summed E-state index contributed by atoms with van der Waals surface area (Å²) in [5, 5.41) is 0.0802. The van der Waals surface area contributed by atoms with Crippen molar-refractivity contribution in [3.63, 3.8) is 0 Å². The van der Waals surface area contributed by atoms with Gasteiger partial charge in [-0.2, -0.15) is 0 Å². The molecule has 3 aromatic rings. The van der Waals surface area contributed by atoms with E-state index in [2.05, 4.69) is 9.97 Å². The molecular weight excluding hydrogens is 333 g/mol. The van der Waals surface area contributed by atoms with Crippen molar-refractivity contribution in [2.75, 3.05) is 5.75 Å². The lowest BCUT2D eigenvalue weighted by molar-refractivity contribution is 0.593. The Morgan fingerprint density at radius 2 is 2.12 bits per heavy atom. The van der Waals surface area contributed by atoms with Crippen LogP contribution in [0.25, 0.3) is 10.9 Å². The summed E-state index contributed by atoms with van der Waals surface area (Å²) in [5.41, 5.74) is -0.436. The van der Waals surface area contributed by atoms with Gasteiger partial charge < -0.3 is 9.54 Å². The zero-order valence-corrected chi connectivity index (χ0v) is 13.6. The smallest absolute Gasteiger partial charge is 0.329 e. The monoisotopic (exact) mass is 347 g/mol. The molecule has 0 fully saturated rings. The number of aromatic amines is 1. The summed E-state index contributed by atoms with van der Waals surface area (Å²) in [6, 6.07) is 5.21. The molecular formula is C16H14FN3O3S. The highest BCUT2D eigenvalue weighted by molar-refractivity contribution is 7.91. The number of hydrogen-bond acceptors (Lipinski definition) is 4. The van der Waals surface area contributed by atoms with Crippen molar-refractivity contribution in [1.82, 2.24) is 14.5 Å². The Balaban J connectivity index is 2.15. The van der Waals surface area contributed by atoms with E-state index in [-0.39, 0.29) is 17.4 Å². The van der Waals surface area contributed by atoms with Crippen LogP contribution in [0.1, 0.15) is 12.5 Å². The molecule has 1 atom stereocenters. The topological polar surface area (TPSA) is 90.8 Å². The summed E-state index contributed by atoms with van der Waals surface area (Å²) >= 11 is -1.25. The molecule has 0 radical (unpaired) electrons. The largest absolute Gasteiger partial charge is 0.611 e. The van der Waals surface area contributed by atoms with Crippen molar-refractivity contribution >= 4 is 22.1 Å². The highest BCUT2D eigenvalue weighted by Crippen LogP contribution is 2.16. The maximum Gasteiger partial charge on any atom is 0.329 e. The first-order chi connectivity index (χ1) is 11.5. The molecule has 1 N–H and O–H groups in total. The van der Waals surface area contributed by atoms with Crippen LogP contribution in [0, 0.1) is 5.82 Å². The molecule has 2 heterocycles. The SMILES string of the molecule is CC[S+]([O-])c1ccncc1Cn1c(=O)[nH]c2ccc(F)cc2c1=O. The summed E-state index contributed by atoms with van der Waals surface area (Å²) in [7, 11) is 0. The molecule has 0 amide bonds. The fourth-order valence-corrected chi connectivity index (χ4v) is 3.38. The van der Waals surface area contributed by atoms with Crippen LogP contribution in [0.3, 0.4) is 0 Å². The van der Waals surface area contributed by atoms with Crippen LogP contribution >= 0.6 is 0 Å². The number of H-pyrrole nitrogens is 1. The highest BCUT2D eigenvalue weighted by atomic mass is 32.2. The van der Waals surface area contributed by atoms with Gasteiger partial charge in [-0.05, 0) is 36.3 Å². The first-order valence-electron chi connectivity index (χ1n) is 7.25. The number of benzene rings is 1. The first-order valence-corrected chi connectivity index (χ1v) is 8.56. The molecule has 124 valence electrons. The Hall–Kier alpha value is -2.45. The molecule has 1 unspecified atom stereocenters. The Bertz CT molecular complexity index is 1020. The van der Waals surface area contributed by atoms with Gasteiger partial charge in [0.25, 0.3) is 5.56 Å². The third-order valence-corrected chi connectivity index (χ3v) is 5.05. The third-order valence-electron chi connectivity index (χ3n) is 3.64. The van der Waals surface area contributed by atoms with Gasteiger partial charge in [0.2, 0.25) is 0 Å². The van der Waals surface area contributed by atoms with Crippen molar-refractivity contribution in [2.24, 2.45) is 0 Å². The molecule has 0 aliphatic rings. The minimum Gasteiger partial charge on any atom is -0.611 e. The highest BCUT2D eigenvalue weighted by Gasteiger charge is 2.17. The van der Waals surface area contributed by atoms with Gasteiger partial charge in [0.05, 0.1) is 17.4 Å². The first kappa shape index (κ1) is 16.4. The number of pyridine rings is 1. The maximum absolute atomic E-state index is 13.4. The van der Waals surface area contributed by atoms with E-state index in [9.17, 15) is 18.5 Å². The van der Waals surface area contributed by atoms with E-state index in [0.29, 0.717) is 16.2 Å². The lowest BCUT2D eigenvalue weighted by Crippen LogP contribution is -2.35. The van der Waals surface area contributed by atoms with E-state index in [1.165, 1.54) is 24.5 Å². The molecule has 0 saturated carbocycles. The molecule has 8 heteroatoms. The fraction of sp³-hybridized carbons (Fsp3) is 0.188. The number of rotatable bonds is 4. The Morgan fingerprint density at radius 1 is 1.33 bits per heavy atom. The van der Waals surface area contributed by atoms with Crippen molar-refractivity contribution < 1.29 is 8.94 Å². The molecule has 0 spiro atoms. The lowest BCUT2D eigenvalue weighted by Gasteiger charge is -2.13. The zero-order valence-electron chi connectivity index (χ0n) is 12.8. The van der Waals surface area contributed by atoms with Gasteiger partial charge in [0.15, 0.2) is 4.90 Å². The van der Waals surface area contributed by atoms with Crippen LogP contribution in [-0.2, 0) is 17.7 Å². The quantitative estimate of drug-likeness (QED) is 0.722. The number of nitrogens with zero attached hydrogens (tertiary/aromatic N) is 2. The summed E-state index contributed by atoms with van der Waals surface area (Å²) in [4.78, 5) is 31.8. The van der Waals surface area contributed by atoms with Crippen LogP contribution in [-0.4, -0.2) is 24.8 Å². The van der Waals surface area contributed by atoms with Crippen LogP contribution in [0.5, 0.6) is 0 Å². The van der Waals surface area contributed by atoms with Gasteiger partial charge in [0, 0.05) is 24.0 Å². The predicted octanol–water partition coefficient (Wildman–Crippen LogP) is 1.40. The second-order valence-corrected chi connectivity index (χ2v) is 6.84. The van der Waals surface area contributed by atoms with Crippen LogP contribution in [0.15, 0.2) is 51.1 Å². The average molecular weight is 347 g/mol. The van der Waals surface area contributed by atoms with Crippen LogP contribution < -0.4 is 11.2 Å². The van der Waals surface area contributed by atoms with Gasteiger partial charge in [-0.15, -0.1) is 0 Å². The molecule has 1 aromatic carbocycles. The van der Waals surface area contributed by atoms with Crippen molar-refractivity contribution in [2.45, 2.75) is 18.4 Å². The zero-order chi connectivity index (χ0) is 17.3. The van der Waals surface area contributed by atoms with Gasteiger partial charge in [-0.25, -0.2) is 9.18 Å². The second-order valence-electron chi connectivity index (χ2n) is 5.13. The minimum atomic E-state index is -1.25. The van der Waals surface area contributed by atoms with E-state index < -0.39 is 28.2 Å². The number of hydrogen-bond donors (Lipinski definition) is 1. The number of aromatic nitrogens is 3. The molecule has 6 nitrogen and oxygen atoms in total. The van der Waals surface area contributed by atoms with Gasteiger partial charge in [0.1, 0.15) is 11.6 Å². The van der Waals surface area contributed by atoms with Crippen LogP contribution in [0.4, 0.5) is 4.39 Å². The average Bonchev–Trinajstić information content (AvgIpc) is 2.59. The molecule has 24 heavy (non-hydrogen) atoms. The van der Waals surface area contributed by atoms with Gasteiger partial charge in [-0.1, -0.05) is 0 Å². The summed E-state index contributed by atoms with van der Waals surface area (Å²) in [5.74, 6) is -0.155. The lowest BCUT2D eigenvalue weighted by atomic mass is 10.2. The van der Waals surface area contributed by atoms with Gasteiger partial charge in [-0.3, -0.25) is 14.3 Å². The van der Waals surface area contributed by atoms with E-state index in [1.807, 2.05) is 0 Å². The number of halogens is 1. The van der Waals surface area contributed by atoms with E-state index in [1.54, 1.807) is 13.0 Å². The van der Waals surface area contributed by atoms with Crippen molar-refractivity contribution in [1.29, 1.82) is 0 Å². The summed E-state index contributed by atoms with van der Waals surface area (Å²) < 4.78 is 26.5. The molecule has 0 bridgehead atoms. The molecule has 0 aliphatic heterocycles. The maximum atomic E-state index is 13.4. The van der Waals surface area contributed by atoms with Crippen molar-refractivity contribution in [3.8, 4) is 0 Å². The summed E-state index contributed by atoms with van der Waals surface area (Å²) in [6.07, 6.45) is 2.99. The van der Waals surface area contributed by atoms with E-state index >= 15 is 0 Å². The minimum absolute atomic E-state index is 0.0802.